The van der Waals surface area contributed by atoms with Crippen molar-refractivity contribution < 1.29 is 13.9 Å². The number of morpholine rings is 1. The van der Waals surface area contributed by atoms with E-state index in [1.807, 2.05) is 6.07 Å². The summed E-state index contributed by atoms with van der Waals surface area (Å²) in [6.07, 6.45) is 0.205. The Morgan fingerprint density at radius 2 is 2.13 bits per heavy atom. The van der Waals surface area contributed by atoms with E-state index in [4.69, 9.17) is 21.6 Å². The number of hydrogen-bond acceptors (Lipinski definition) is 4. The quantitative estimate of drug-likeness (QED) is 0.797. The second-order valence-corrected chi connectivity index (χ2v) is 5.71. The first kappa shape index (κ1) is 17.7. The highest BCUT2D eigenvalue weighted by Gasteiger charge is 2.21. The van der Waals surface area contributed by atoms with Crippen LogP contribution in [0, 0.1) is 17.1 Å². The van der Waals surface area contributed by atoms with E-state index in [0.29, 0.717) is 31.3 Å². The maximum atomic E-state index is 13.9. The molecule has 0 bridgehead atoms. The monoisotopic (exact) mass is 339 g/mol. The largest absolute Gasteiger partial charge is 0.379 e. The SMILES string of the molecule is N#CCCN(CCN1CCOCC1)C(=O)c1cc(Cl)ccc1F. The van der Waals surface area contributed by atoms with E-state index in [9.17, 15) is 9.18 Å². The van der Waals surface area contributed by atoms with Gasteiger partial charge in [-0.3, -0.25) is 9.69 Å². The van der Waals surface area contributed by atoms with Crippen molar-refractivity contribution in [3.05, 3.63) is 34.6 Å². The number of carbonyl (C=O) groups is 1. The molecular formula is C16H19ClFN3O2. The molecule has 1 aliphatic heterocycles. The summed E-state index contributed by atoms with van der Waals surface area (Å²) in [5, 5.41) is 9.08. The Morgan fingerprint density at radius 3 is 2.83 bits per heavy atom. The molecule has 0 atom stereocenters. The van der Waals surface area contributed by atoms with Crippen LogP contribution < -0.4 is 0 Å². The van der Waals surface area contributed by atoms with E-state index in [2.05, 4.69) is 4.90 Å². The van der Waals surface area contributed by atoms with Gasteiger partial charge in [-0.15, -0.1) is 0 Å². The molecule has 0 aromatic heterocycles. The summed E-state index contributed by atoms with van der Waals surface area (Å²) in [7, 11) is 0. The minimum Gasteiger partial charge on any atom is -0.379 e. The minimum atomic E-state index is -0.604. The topological polar surface area (TPSA) is 56.6 Å². The van der Waals surface area contributed by atoms with Crippen LogP contribution in [0.1, 0.15) is 16.8 Å². The van der Waals surface area contributed by atoms with Gasteiger partial charge in [-0.05, 0) is 18.2 Å². The number of carbonyl (C=O) groups excluding carboxylic acids is 1. The maximum Gasteiger partial charge on any atom is 0.256 e. The zero-order chi connectivity index (χ0) is 16.7. The minimum absolute atomic E-state index is 0.0579. The average Bonchev–Trinajstić information content (AvgIpc) is 2.57. The lowest BCUT2D eigenvalue weighted by Gasteiger charge is -2.30. The normalized spacial score (nSPS) is 15.2. The molecule has 1 saturated heterocycles. The lowest BCUT2D eigenvalue weighted by atomic mass is 10.1. The summed E-state index contributed by atoms with van der Waals surface area (Å²) in [6, 6.07) is 5.93. The van der Waals surface area contributed by atoms with Crippen molar-refractivity contribution in [3.8, 4) is 6.07 Å². The van der Waals surface area contributed by atoms with Crippen LogP contribution in [0.5, 0.6) is 0 Å². The zero-order valence-electron chi connectivity index (χ0n) is 12.8. The molecule has 1 aliphatic rings. The Kier molecular flexibility index (Phi) is 6.78. The van der Waals surface area contributed by atoms with E-state index in [1.165, 1.54) is 23.1 Å². The molecule has 0 unspecified atom stereocenters. The summed E-state index contributed by atoms with van der Waals surface area (Å²) in [5.74, 6) is -1.04. The van der Waals surface area contributed by atoms with Crippen LogP contribution in [0.25, 0.3) is 0 Å². The van der Waals surface area contributed by atoms with Gasteiger partial charge in [0.1, 0.15) is 5.82 Å². The second-order valence-electron chi connectivity index (χ2n) is 5.28. The smallest absolute Gasteiger partial charge is 0.256 e. The van der Waals surface area contributed by atoms with Crippen molar-refractivity contribution in [2.75, 3.05) is 45.9 Å². The van der Waals surface area contributed by atoms with E-state index >= 15 is 0 Å². The van der Waals surface area contributed by atoms with Crippen molar-refractivity contribution in [2.45, 2.75) is 6.42 Å². The standard InChI is InChI=1S/C16H19ClFN3O2/c17-13-2-3-15(18)14(12-13)16(22)21(5-1-4-19)7-6-20-8-10-23-11-9-20/h2-3,12H,1,5-11H2. The molecule has 0 aliphatic carbocycles. The van der Waals surface area contributed by atoms with Crippen LogP contribution in [0.15, 0.2) is 18.2 Å². The lowest BCUT2D eigenvalue weighted by Crippen LogP contribution is -2.43. The van der Waals surface area contributed by atoms with E-state index in [-0.39, 0.29) is 18.5 Å². The van der Waals surface area contributed by atoms with Gasteiger partial charge < -0.3 is 9.64 Å². The zero-order valence-corrected chi connectivity index (χ0v) is 13.6. The van der Waals surface area contributed by atoms with Crippen molar-refractivity contribution in [1.29, 1.82) is 5.26 Å². The van der Waals surface area contributed by atoms with Crippen LogP contribution in [-0.2, 0) is 4.74 Å². The van der Waals surface area contributed by atoms with Crippen molar-refractivity contribution in [1.82, 2.24) is 9.80 Å². The number of hydrogen-bond donors (Lipinski definition) is 0. The fourth-order valence-corrected chi connectivity index (χ4v) is 2.59. The highest BCUT2D eigenvalue weighted by atomic mass is 35.5. The molecule has 1 heterocycles. The van der Waals surface area contributed by atoms with Crippen molar-refractivity contribution in [2.24, 2.45) is 0 Å². The van der Waals surface area contributed by atoms with Gasteiger partial charge in [0.15, 0.2) is 0 Å². The third kappa shape index (κ3) is 5.17. The average molecular weight is 340 g/mol. The molecule has 0 saturated carbocycles. The molecule has 5 nitrogen and oxygen atoms in total. The summed E-state index contributed by atoms with van der Waals surface area (Å²) >= 11 is 5.86. The molecule has 1 aromatic rings. The first-order valence-corrected chi connectivity index (χ1v) is 7.91. The van der Waals surface area contributed by atoms with Gasteiger partial charge in [0, 0.05) is 37.7 Å². The molecule has 124 valence electrons. The summed E-state index contributed by atoms with van der Waals surface area (Å²) in [4.78, 5) is 16.3. The van der Waals surface area contributed by atoms with Gasteiger partial charge in [-0.1, -0.05) is 11.6 Å². The summed E-state index contributed by atoms with van der Waals surface area (Å²) < 4.78 is 19.2. The summed E-state index contributed by atoms with van der Waals surface area (Å²) in [5.41, 5.74) is -0.0579. The van der Waals surface area contributed by atoms with E-state index < -0.39 is 11.7 Å². The molecule has 0 spiro atoms. The van der Waals surface area contributed by atoms with Crippen LogP contribution in [0.3, 0.4) is 0 Å². The van der Waals surface area contributed by atoms with Gasteiger partial charge in [0.2, 0.25) is 0 Å². The van der Waals surface area contributed by atoms with E-state index in [1.54, 1.807) is 0 Å². The Hall–Kier alpha value is -1.68. The van der Waals surface area contributed by atoms with E-state index in [0.717, 1.165) is 13.1 Å². The molecule has 1 amide bonds. The Bertz CT molecular complexity index is 585. The predicted octanol–water partition coefficient (Wildman–Crippen LogP) is 2.17. The second kappa shape index (κ2) is 8.82. The first-order valence-electron chi connectivity index (χ1n) is 7.53. The highest BCUT2D eigenvalue weighted by molar-refractivity contribution is 6.31. The van der Waals surface area contributed by atoms with Gasteiger partial charge in [0.25, 0.3) is 5.91 Å². The molecule has 7 heteroatoms. The maximum absolute atomic E-state index is 13.9. The first-order chi connectivity index (χ1) is 11.1. The fourth-order valence-electron chi connectivity index (χ4n) is 2.42. The van der Waals surface area contributed by atoms with Gasteiger partial charge in [-0.2, -0.15) is 5.26 Å². The molecular weight excluding hydrogens is 321 g/mol. The highest BCUT2D eigenvalue weighted by Crippen LogP contribution is 2.17. The number of nitriles is 1. The summed E-state index contributed by atoms with van der Waals surface area (Å²) in [6.45, 7) is 4.35. The number of ether oxygens (including phenoxy) is 1. The van der Waals surface area contributed by atoms with Gasteiger partial charge in [0.05, 0.1) is 31.3 Å². The van der Waals surface area contributed by atoms with Crippen LogP contribution in [-0.4, -0.2) is 61.6 Å². The number of benzene rings is 1. The molecule has 0 radical (unpaired) electrons. The Morgan fingerprint density at radius 1 is 1.39 bits per heavy atom. The third-order valence-electron chi connectivity index (χ3n) is 3.73. The molecule has 0 N–H and O–H groups in total. The van der Waals surface area contributed by atoms with Crippen molar-refractivity contribution >= 4 is 17.5 Å². The van der Waals surface area contributed by atoms with Crippen molar-refractivity contribution in [3.63, 3.8) is 0 Å². The van der Waals surface area contributed by atoms with Crippen LogP contribution in [0.2, 0.25) is 5.02 Å². The lowest BCUT2D eigenvalue weighted by molar-refractivity contribution is 0.0325. The Balaban J connectivity index is 2.05. The predicted molar refractivity (Wildman–Crippen MR) is 84.8 cm³/mol. The molecule has 23 heavy (non-hydrogen) atoms. The number of nitrogens with zero attached hydrogens (tertiary/aromatic N) is 3. The van der Waals surface area contributed by atoms with Crippen LogP contribution >= 0.6 is 11.6 Å². The van der Waals surface area contributed by atoms with Gasteiger partial charge in [-0.25, -0.2) is 4.39 Å². The molecule has 1 aromatic carbocycles. The van der Waals surface area contributed by atoms with Gasteiger partial charge >= 0.3 is 0 Å². The number of halogens is 2. The molecule has 2 rings (SSSR count). The number of amides is 1. The third-order valence-corrected chi connectivity index (χ3v) is 3.96. The fraction of sp³-hybridized carbons (Fsp3) is 0.500. The Labute approximate surface area is 140 Å². The number of rotatable bonds is 6. The van der Waals surface area contributed by atoms with Crippen LogP contribution in [0.4, 0.5) is 4.39 Å². The molecule has 1 fully saturated rings.